The van der Waals surface area contributed by atoms with Gasteiger partial charge in [-0.3, -0.25) is 19.3 Å². The molecule has 0 aliphatic heterocycles. The van der Waals surface area contributed by atoms with Crippen molar-refractivity contribution in [3.8, 4) is 5.88 Å². The zero-order valence-corrected chi connectivity index (χ0v) is 12.5. The van der Waals surface area contributed by atoms with Crippen molar-refractivity contribution < 1.29 is 5.11 Å². The van der Waals surface area contributed by atoms with Crippen molar-refractivity contribution >= 4 is 18.4 Å². The first-order valence-electron chi connectivity index (χ1n) is 6.65. The summed E-state index contributed by atoms with van der Waals surface area (Å²) in [6.07, 6.45) is 7.56. The molecule has 0 bridgehead atoms. The van der Waals surface area contributed by atoms with Gasteiger partial charge in [0.15, 0.2) is 4.77 Å². The van der Waals surface area contributed by atoms with E-state index in [0.29, 0.717) is 13.1 Å². The average molecular weight is 307 g/mol. The number of aromatic amines is 1. The third-order valence-electron chi connectivity index (χ3n) is 3.01. The van der Waals surface area contributed by atoms with E-state index < -0.39 is 5.56 Å². The molecule has 0 unspecified atom stereocenters. The summed E-state index contributed by atoms with van der Waals surface area (Å²) in [5.74, 6) is -0.149. The van der Waals surface area contributed by atoms with Crippen LogP contribution < -0.4 is 5.56 Å². The molecule has 2 rings (SSSR count). The number of aryl methyl sites for hydroxylation is 1. The maximum absolute atomic E-state index is 11.8. The topological polar surface area (TPSA) is 88.2 Å². The van der Waals surface area contributed by atoms with Gasteiger partial charge in [-0.05, 0) is 25.6 Å². The summed E-state index contributed by atoms with van der Waals surface area (Å²) in [5.41, 5.74) is -0.298. The van der Waals surface area contributed by atoms with Crippen molar-refractivity contribution in [2.45, 2.75) is 26.4 Å². The molecule has 0 spiro atoms. The number of hydrogen-bond acceptors (Lipinski definition) is 5. The van der Waals surface area contributed by atoms with Crippen LogP contribution in [0.5, 0.6) is 5.88 Å². The highest BCUT2D eigenvalue weighted by atomic mass is 32.1. The predicted octanol–water partition coefficient (Wildman–Crippen LogP) is 1.34. The molecule has 0 atom stereocenters. The van der Waals surface area contributed by atoms with Gasteiger partial charge in [-0.1, -0.05) is 0 Å². The second-order valence-corrected chi connectivity index (χ2v) is 4.82. The first-order chi connectivity index (χ1) is 10.1. The molecule has 0 saturated carbocycles. The van der Waals surface area contributed by atoms with Crippen molar-refractivity contribution in [3.05, 3.63) is 39.4 Å². The lowest BCUT2D eigenvalue weighted by Gasteiger charge is -2.07. The molecule has 21 heavy (non-hydrogen) atoms. The molecule has 0 aliphatic carbocycles. The number of aromatic hydroxyl groups is 1. The summed E-state index contributed by atoms with van der Waals surface area (Å²) >= 11 is 4.98. The molecule has 2 heterocycles. The summed E-state index contributed by atoms with van der Waals surface area (Å²) in [5, 5.41) is 10.0. The molecule has 0 fully saturated rings. The van der Waals surface area contributed by atoms with Crippen molar-refractivity contribution in [1.29, 1.82) is 0 Å². The van der Waals surface area contributed by atoms with Gasteiger partial charge in [0.2, 0.25) is 5.88 Å². The Bertz CT molecular complexity index is 730. The number of nitrogens with zero attached hydrogens (tertiary/aromatic N) is 4. The molecule has 0 amide bonds. The van der Waals surface area contributed by atoms with Gasteiger partial charge in [0.1, 0.15) is 5.56 Å². The fraction of sp³-hybridized carbons (Fsp3) is 0.385. The Morgan fingerprint density at radius 2 is 2.38 bits per heavy atom. The number of aliphatic imine (C=N–C) groups is 1. The Labute approximate surface area is 126 Å². The van der Waals surface area contributed by atoms with E-state index in [-0.39, 0.29) is 16.2 Å². The quantitative estimate of drug-likeness (QED) is 0.479. The van der Waals surface area contributed by atoms with Gasteiger partial charge >= 0.3 is 0 Å². The third-order valence-corrected chi connectivity index (χ3v) is 3.33. The Morgan fingerprint density at radius 1 is 1.57 bits per heavy atom. The zero-order chi connectivity index (χ0) is 15.2. The van der Waals surface area contributed by atoms with Crippen LogP contribution in [0.25, 0.3) is 0 Å². The molecule has 0 aliphatic rings. The van der Waals surface area contributed by atoms with Crippen molar-refractivity contribution in [2.75, 3.05) is 6.54 Å². The van der Waals surface area contributed by atoms with E-state index in [4.69, 9.17) is 12.2 Å². The minimum absolute atomic E-state index is 0.132. The zero-order valence-electron chi connectivity index (χ0n) is 11.7. The number of nitrogens with one attached hydrogen (secondary N) is 1. The molecule has 0 radical (unpaired) electrons. The lowest BCUT2D eigenvalue weighted by Crippen LogP contribution is -2.18. The van der Waals surface area contributed by atoms with Crippen LogP contribution >= 0.6 is 12.2 Å². The molecule has 2 N–H and O–H groups in total. The second-order valence-electron chi connectivity index (χ2n) is 4.43. The first-order valence-corrected chi connectivity index (χ1v) is 7.06. The van der Waals surface area contributed by atoms with Crippen LogP contribution in [0.3, 0.4) is 0 Å². The van der Waals surface area contributed by atoms with Gasteiger partial charge in [-0.25, -0.2) is 4.98 Å². The van der Waals surface area contributed by atoms with Crippen LogP contribution in [0.4, 0.5) is 0 Å². The smallest absolute Gasteiger partial charge is 0.264 e. The van der Waals surface area contributed by atoms with E-state index in [2.05, 4.69) is 15.0 Å². The summed E-state index contributed by atoms with van der Waals surface area (Å²) in [4.78, 5) is 22.4. The van der Waals surface area contributed by atoms with Gasteiger partial charge in [0.25, 0.3) is 5.56 Å². The third kappa shape index (κ3) is 3.66. The number of H-pyrrole nitrogens is 1. The van der Waals surface area contributed by atoms with E-state index >= 15 is 0 Å². The number of imidazole rings is 1. The Morgan fingerprint density at radius 3 is 3.05 bits per heavy atom. The highest BCUT2D eigenvalue weighted by molar-refractivity contribution is 7.71. The molecule has 2 aromatic heterocycles. The van der Waals surface area contributed by atoms with E-state index in [0.717, 1.165) is 13.0 Å². The largest absolute Gasteiger partial charge is 0.494 e. The van der Waals surface area contributed by atoms with E-state index in [1.54, 1.807) is 12.5 Å². The molecule has 0 aromatic carbocycles. The SMILES string of the molecule is CCn1c(O)c(C=NCCCn2ccnc2)c(=O)[nH]c1=S. The molecule has 8 heteroatoms. The van der Waals surface area contributed by atoms with Gasteiger partial charge in [-0.2, -0.15) is 0 Å². The number of aromatic nitrogens is 4. The standard InChI is InChI=1S/C13H17N5O2S/c1-2-18-12(20)10(11(19)16-13(18)21)8-14-4-3-6-17-7-5-15-9-17/h5,7-9,20H,2-4,6H2,1H3,(H,16,19,21). The fourth-order valence-electron chi connectivity index (χ4n) is 1.90. The summed E-state index contributed by atoms with van der Waals surface area (Å²) < 4.78 is 3.61. The van der Waals surface area contributed by atoms with Gasteiger partial charge in [0, 0.05) is 38.2 Å². The Hall–Kier alpha value is -2.22. The van der Waals surface area contributed by atoms with Crippen LogP contribution in [0.2, 0.25) is 0 Å². The lowest BCUT2D eigenvalue weighted by atomic mass is 10.3. The monoisotopic (exact) mass is 307 g/mol. The highest BCUT2D eigenvalue weighted by Crippen LogP contribution is 2.10. The second kappa shape index (κ2) is 6.98. The van der Waals surface area contributed by atoms with Crippen LogP contribution in [0.15, 0.2) is 28.5 Å². The minimum atomic E-state index is -0.430. The Balaban J connectivity index is 2.04. The fourth-order valence-corrected chi connectivity index (χ4v) is 2.21. The van der Waals surface area contributed by atoms with E-state index in [1.165, 1.54) is 10.8 Å². The first kappa shape index (κ1) is 15.2. The molecular formula is C13H17N5O2S. The number of hydrogen-bond donors (Lipinski definition) is 2. The van der Waals surface area contributed by atoms with Crippen LogP contribution in [0.1, 0.15) is 18.9 Å². The molecule has 7 nitrogen and oxygen atoms in total. The highest BCUT2D eigenvalue weighted by Gasteiger charge is 2.09. The van der Waals surface area contributed by atoms with Crippen LogP contribution in [-0.4, -0.2) is 37.0 Å². The molecule has 112 valence electrons. The molecule has 0 saturated heterocycles. The average Bonchev–Trinajstić information content (AvgIpc) is 2.95. The maximum Gasteiger partial charge on any atom is 0.264 e. The van der Waals surface area contributed by atoms with Gasteiger partial charge in [-0.15, -0.1) is 0 Å². The van der Waals surface area contributed by atoms with Crippen molar-refractivity contribution in [1.82, 2.24) is 19.1 Å². The maximum atomic E-state index is 11.8. The van der Waals surface area contributed by atoms with Gasteiger partial charge < -0.3 is 9.67 Å². The summed E-state index contributed by atoms with van der Waals surface area (Å²) in [7, 11) is 0. The number of rotatable bonds is 6. The molecular weight excluding hydrogens is 290 g/mol. The summed E-state index contributed by atoms with van der Waals surface area (Å²) in [6.45, 7) is 3.67. The Kier molecular flexibility index (Phi) is 5.04. The van der Waals surface area contributed by atoms with E-state index in [1.807, 2.05) is 17.7 Å². The van der Waals surface area contributed by atoms with E-state index in [9.17, 15) is 9.90 Å². The van der Waals surface area contributed by atoms with Gasteiger partial charge in [0.05, 0.1) is 6.33 Å². The predicted molar refractivity (Wildman–Crippen MR) is 82.5 cm³/mol. The summed E-state index contributed by atoms with van der Waals surface area (Å²) in [6, 6.07) is 0. The minimum Gasteiger partial charge on any atom is -0.494 e. The van der Waals surface area contributed by atoms with Crippen LogP contribution in [-0.2, 0) is 13.1 Å². The normalized spacial score (nSPS) is 11.3. The molecule has 2 aromatic rings. The van der Waals surface area contributed by atoms with Crippen LogP contribution in [0, 0.1) is 4.77 Å². The lowest BCUT2D eigenvalue weighted by molar-refractivity contribution is 0.408. The van der Waals surface area contributed by atoms with Crippen molar-refractivity contribution in [2.24, 2.45) is 4.99 Å². The van der Waals surface area contributed by atoms with Crippen molar-refractivity contribution in [3.63, 3.8) is 0 Å².